The molecule has 0 saturated heterocycles. The van der Waals surface area contributed by atoms with Gasteiger partial charge in [-0.25, -0.2) is 14.6 Å². The molecule has 130 valence electrons. The number of rotatable bonds is 4. The van der Waals surface area contributed by atoms with E-state index in [1.165, 1.54) is 6.20 Å². The maximum absolute atomic E-state index is 12.6. The number of thiazole rings is 1. The molecule has 6 nitrogen and oxygen atoms in total. The molecule has 1 amide bonds. The van der Waals surface area contributed by atoms with E-state index in [4.69, 9.17) is 11.6 Å². The van der Waals surface area contributed by atoms with Crippen molar-refractivity contribution in [3.05, 3.63) is 69.4 Å². The van der Waals surface area contributed by atoms with Crippen molar-refractivity contribution in [3.63, 3.8) is 0 Å². The van der Waals surface area contributed by atoms with Crippen LogP contribution in [0.4, 0.5) is 5.69 Å². The molecule has 26 heavy (non-hydrogen) atoms. The highest BCUT2D eigenvalue weighted by molar-refractivity contribution is 7.09. The molecule has 0 radical (unpaired) electrons. The smallest absolute Gasteiger partial charge is 0.258 e. The zero-order chi connectivity index (χ0) is 18.1. The van der Waals surface area contributed by atoms with E-state index >= 15 is 0 Å². The van der Waals surface area contributed by atoms with Gasteiger partial charge in [-0.15, -0.1) is 11.3 Å². The first kappa shape index (κ1) is 16.7. The molecule has 1 aromatic carbocycles. The van der Waals surface area contributed by atoms with Crippen LogP contribution >= 0.6 is 22.9 Å². The second-order valence-electron chi connectivity index (χ2n) is 5.77. The topological polar surface area (TPSA) is 72.7 Å². The molecule has 0 aliphatic carbocycles. The average molecular weight is 384 g/mol. The maximum Gasteiger partial charge on any atom is 0.258 e. The summed E-state index contributed by atoms with van der Waals surface area (Å²) >= 11 is 8.00. The molecule has 1 N–H and O–H groups in total. The van der Waals surface area contributed by atoms with Crippen molar-refractivity contribution in [2.45, 2.75) is 13.5 Å². The van der Waals surface area contributed by atoms with Gasteiger partial charge in [-0.2, -0.15) is 5.10 Å². The molecule has 0 aliphatic heterocycles. The molecule has 0 bridgehead atoms. The number of nitrogens with zero attached hydrogens (tertiary/aromatic N) is 4. The molecule has 0 spiro atoms. The fourth-order valence-electron chi connectivity index (χ4n) is 2.57. The molecule has 3 heterocycles. The summed E-state index contributed by atoms with van der Waals surface area (Å²) in [5.41, 5.74) is 2.76. The van der Waals surface area contributed by atoms with Crippen LogP contribution in [0.2, 0.25) is 5.02 Å². The Hall–Kier alpha value is -2.77. The van der Waals surface area contributed by atoms with Crippen LogP contribution in [0.15, 0.2) is 48.2 Å². The Morgan fingerprint density at radius 2 is 2.04 bits per heavy atom. The minimum Gasteiger partial charge on any atom is -0.322 e. The largest absolute Gasteiger partial charge is 0.322 e. The Morgan fingerprint density at radius 3 is 2.77 bits per heavy atom. The Morgan fingerprint density at radius 1 is 1.23 bits per heavy atom. The zero-order valence-electron chi connectivity index (χ0n) is 13.8. The van der Waals surface area contributed by atoms with Gasteiger partial charge >= 0.3 is 0 Å². The molecule has 4 aromatic rings. The van der Waals surface area contributed by atoms with Gasteiger partial charge in [0.25, 0.3) is 5.91 Å². The summed E-state index contributed by atoms with van der Waals surface area (Å²) in [5, 5.41) is 11.0. The van der Waals surface area contributed by atoms with Crippen molar-refractivity contribution in [1.29, 1.82) is 0 Å². The van der Waals surface area contributed by atoms with E-state index in [-0.39, 0.29) is 5.91 Å². The van der Waals surface area contributed by atoms with Crippen LogP contribution in [-0.2, 0) is 6.54 Å². The van der Waals surface area contributed by atoms with E-state index in [2.05, 4.69) is 20.4 Å². The molecule has 0 atom stereocenters. The van der Waals surface area contributed by atoms with Gasteiger partial charge in [-0.05, 0) is 19.1 Å². The zero-order valence-corrected chi connectivity index (χ0v) is 15.4. The van der Waals surface area contributed by atoms with Gasteiger partial charge in [0.2, 0.25) is 0 Å². The second kappa shape index (κ2) is 6.86. The molecule has 8 heteroatoms. The van der Waals surface area contributed by atoms with E-state index < -0.39 is 0 Å². The summed E-state index contributed by atoms with van der Waals surface area (Å²) in [7, 11) is 0. The van der Waals surface area contributed by atoms with E-state index in [0.29, 0.717) is 33.9 Å². The third-order valence-corrected chi connectivity index (χ3v) is 5.09. The van der Waals surface area contributed by atoms with E-state index in [0.717, 1.165) is 10.6 Å². The number of anilines is 1. The number of hydrogen-bond acceptors (Lipinski definition) is 5. The molecule has 3 aromatic heterocycles. The highest BCUT2D eigenvalue weighted by atomic mass is 35.5. The molecule has 0 fully saturated rings. The summed E-state index contributed by atoms with van der Waals surface area (Å²) in [6, 6.07) is 7.56. The first-order valence-corrected chi connectivity index (χ1v) is 9.14. The third kappa shape index (κ3) is 3.18. The monoisotopic (exact) mass is 383 g/mol. The molecule has 0 aliphatic rings. The predicted octanol–water partition coefficient (Wildman–Crippen LogP) is 4.15. The highest BCUT2D eigenvalue weighted by Gasteiger charge is 2.17. The number of carbonyl (C=O) groups is 1. The number of carbonyl (C=O) groups excluding carboxylic acids is 1. The molecule has 4 rings (SSSR count). The first-order chi connectivity index (χ1) is 12.6. The molecule has 0 unspecified atom stereocenters. The van der Waals surface area contributed by atoms with Crippen molar-refractivity contribution in [2.24, 2.45) is 0 Å². The first-order valence-electron chi connectivity index (χ1n) is 7.88. The van der Waals surface area contributed by atoms with Crippen LogP contribution in [-0.4, -0.2) is 25.7 Å². The van der Waals surface area contributed by atoms with Crippen molar-refractivity contribution < 1.29 is 4.79 Å². The lowest BCUT2D eigenvalue weighted by atomic mass is 10.2. The number of amides is 1. The van der Waals surface area contributed by atoms with Crippen molar-refractivity contribution in [1.82, 2.24) is 19.7 Å². The average Bonchev–Trinajstić information content (AvgIpc) is 3.28. The van der Waals surface area contributed by atoms with E-state index in [1.54, 1.807) is 28.4 Å². The Labute approximate surface area is 158 Å². The van der Waals surface area contributed by atoms with Crippen LogP contribution in [0.25, 0.3) is 11.0 Å². The number of benzene rings is 1. The summed E-state index contributed by atoms with van der Waals surface area (Å²) in [5.74, 6) is -0.305. The van der Waals surface area contributed by atoms with Gasteiger partial charge in [0, 0.05) is 23.5 Å². The van der Waals surface area contributed by atoms with Crippen molar-refractivity contribution >= 4 is 45.6 Å². The minimum absolute atomic E-state index is 0.305. The van der Waals surface area contributed by atoms with Crippen LogP contribution in [0.3, 0.4) is 0 Å². The Balaban J connectivity index is 1.63. The van der Waals surface area contributed by atoms with Gasteiger partial charge in [-0.1, -0.05) is 29.3 Å². The quantitative estimate of drug-likeness (QED) is 0.574. The number of halogens is 1. The summed E-state index contributed by atoms with van der Waals surface area (Å²) in [6.45, 7) is 2.50. The Bertz CT molecular complexity index is 1070. The molecular weight excluding hydrogens is 370 g/mol. The van der Waals surface area contributed by atoms with Gasteiger partial charge in [0.15, 0.2) is 5.65 Å². The van der Waals surface area contributed by atoms with E-state index in [1.807, 2.05) is 36.6 Å². The summed E-state index contributed by atoms with van der Waals surface area (Å²) in [6.07, 6.45) is 4.86. The number of nitrogens with one attached hydrogen (secondary N) is 1. The maximum atomic E-state index is 12.6. The summed E-state index contributed by atoms with van der Waals surface area (Å²) < 4.78 is 1.72. The number of pyridine rings is 1. The van der Waals surface area contributed by atoms with Crippen molar-refractivity contribution in [2.75, 3.05) is 5.32 Å². The predicted molar refractivity (Wildman–Crippen MR) is 103 cm³/mol. The highest BCUT2D eigenvalue weighted by Crippen LogP contribution is 2.27. The second-order valence-corrected chi connectivity index (χ2v) is 7.13. The lowest BCUT2D eigenvalue weighted by Crippen LogP contribution is -2.13. The lowest BCUT2D eigenvalue weighted by Gasteiger charge is -2.08. The van der Waals surface area contributed by atoms with Crippen LogP contribution in [0, 0.1) is 6.92 Å². The number of aryl methyl sites for hydroxylation is 1. The number of fused-ring (bicyclic) bond motifs is 1. The van der Waals surface area contributed by atoms with Gasteiger partial charge in [-0.3, -0.25) is 4.79 Å². The Kier molecular flexibility index (Phi) is 4.40. The van der Waals surface area contributed by atoms with Gasteiger partial charge in [0.1, 0.15) is 5.01 Å². The molecular formula is C18H14ClN5OS. The third-order valence-electron chi connectivity index (χ3n) is 3.92. The van der Waals surface area contributed by atoms with Gasteiger partial charge < -0.3 is 5.32 Å². The molecule has 0 saturated carbocycles. The number of aromatic nitrogens is 4. The van der Waals surface area contributed by atoms with E-state index in [9.17, 15) is 4.79 Å². The SMILES string of the molecule is Cc1ccc(NC(=O)c2cnc3c(cnn3Cc3nccs3)c2Cl)cc1. The van der Waals surface area contributed by atoms with Crippen LogP contribution in [0.1, 0.15) is 20.9 Å². The summed E-state index contributed by atoms with van der Waals surface area (Å²) in [4.78, 5) is 21.2. The van der Waals surface area contributed by atoms with Crippen LogP contribution in [0.5, 0.6) is 0 Å². The lowest BCUT2D eigenvalue weighted by molar-refractivity contribution is 0.102. The normalized spacial score (nSPS) is 11.0. The fourth-order valence-corrected chi connectivity index (χ4v) is 3.43. The van der Waals surface area contributed by atoms with Gasteiger partial charge in [0.05, 0.1) is 28.7 Å². The van der Waals surface area contributed by atoms with Crippen molar-refractivity contribution in [3.8, 4) is 0 Å². The number of hydrogen-bond donors (Lipinski definition) is 1. The van der Waals surface area contributed by atoms with Crippen LogP contribution < -0.4 is 5.32 Å². The fraction of sp³-hybridized carbons (Fsp3) is 0.111. The minimum atomic E-state index is -0.305. The standard InChI is InChI=1S/C18H14ClN5OS/c1-11-2-4-12(5-3-11)23-18(25)14-8-21-17-13(16(14)19)9-22-24(17)10-15-20-6-7-26-15/h2-9H,10H2,1H3,(H,23,25).